The molecule has 1 atom stereocenters. The Labute approximate surface area is 191 Å². The van der Waals surface area contributed by atoms with E-state index in [4.69, 9.17) is 0 Å². The Balaban J connectivity index is 1.55. The van der Waals surface area contributed by atoms with Crippen LogP contribution in [0.5, 0.6) is 0 Å². The number of hydrogen-bond acceptors (Lipinski definition) is 4. The van der Waals surface area contributed by atoms with Crippen molar-refractivity contribution in [1.82, 2.24) is 19.5 Å². The second-order valence-electron chi connectivity index (χ2n) is 7.63. The molecule has 4 aromatic rings. The standard InChI is InChI=1S/C23H20BrFN4OS/c1-3-15-11-20(23(30)28-8-6-21-16(13(28)2)7-9-31-21)26-22-12-19(27-29(15)22)17-5-4-14(24)10-18(17)25/h4-5,7,9-13H,3,6,8H2,1-2H3/t13-/m1/s1. The molecule has 0 radical (unpaired) electrons. The molecular formula is C23H20BrFN4OS. The molecule has 0 saturated carbocycles. The van der Waals surface area contributed by atoms with Crippen LogP contribution in [0.2, 0.25) is 0 Å². The molecule has 0 saturated heterocycles. The molecule has 3 aromatic heterocycles. The zero-order chi connectivity index (χ0) is 21.7. The van der Waals surface area contributed by atoms with Crippen LogP contribution < -0.4 is 0 Å². The number of carbonyl (C=O) groups excluding carboxylic acids is 1. The Morgan fingerprint density at radius 1 is 1.29 bits per heavy atom. The first-order valence-electron chi connectivity index (χ1n) is 10.2. The highest BCUT2D eigenvalue weighted by Gasteiger charge is 2.30. The van der Waals surface area contributed by atoms with Gasteiger partial charge in [0.05, 0.1) is 11.7 Å². The van der Waals surface area contributed by atoms with Gasteiger partial charge in [-0.05, 0) is 61.0 Å². The van der Waals surface area contributed by atoms with Gasteiger partial charge in [0.25, 0.3) is 5.91 Å². The van der Waals surface area contributed by atoms with Crippen LogP contribution in [0.4, 0.5) is 4.39 Å². The van der Waals surface area contributed by atoms with Crippen molar-refractivity contribution < 1.29 is 9.18 Å². The molecular weight excluding hydrogens is 479 g/mol. The number of carbonyl (C=O) groups is 1. The molecule has 0 unspecified atom stereocenters. The monoisotopic (exact) mass is 498 g/mol. The summed E-state index contributed by atoms with van der Waals surface area (Å²) in [5, 5.41) is 6.66. The first kappa shape index (κ1) is 20.3. The highest BCUT2D eigenvalue weighted by Crippen LogP contribution is 2.34. The van der Waals surface area contributed by atoms with E-state index in [1.807, 2.05) is 11.8 Å². The minimum Gasteiger partial charge on any atom is -0.330 e. The van der Waals surface area contributed by atoms with Crippen LogP contribution in [0.1, 0.15) is 46.5 Å². The Bertz CT molecular complexity index is 1310. The molecule has 8 heteroatoms. The second-order valence-corrected chi connectivity index (χ2v) is 9.55. The third-order valence-electron chi connectivity index (χ3n) is 5.83. The minimum absolute atomic E-state index is 0.0166. The van der Waals surface area contributed by atoms with Crippen LogP contribution in [0.25, 0.3) is 16.9 Å². The van der Waals surface area contributed by atoms with Gasteiger partial charge in [0, 0.05) is 33.2 Å². The van der Waals surface area contributed by atoms with E-state index in [0.717, 1.165) is 12.1 Å². The van der Waals surface area contributed by atoms with Gasteiger partial charge in [-0.15, -0.1) is 11.3 Å². The molecule has 5 rings (SSSR count). The van der Waals surface area contributed by atoms with E-state index in [-0.39, 0.29) is 17.8 Å². The first-order valence-corrected chi connectivity index (χ1v) is 11.9. The summed E-state index contributed by atoms with van der Waals surface area (Å²) in [5.74, 6) is -0.444. The van der Waals surface area contributed by atoms with E-state index < -0.39 is 0 Å². The molecule has 0 aliphatic carbocycles. The van der Waals surface area contributed by atoms with Gasteiger partial charge in [0.2, 0.25) is 0 Å². The fourth-order valence-electron chi connectivity index (χ4n) is 4.16. The quantitative estimate of drug-likeness (QED) is 0.365. The maximum absolute atomic E-state index is 14.5. The van der Waals surface area contributed by atoms with Crippen molar-refractivity contribution in [1.29, 1.82) is 0 Å². The van der Waals surface area contributed by atoms with Crippen LogP contribution in [0, 0.1) is 5.82 Å². The third-order valence-corrected chi connectivity index (χ3v) is 7.32. The van der Waals surface area contributed by atoms with Gasteiger partial charge in [-0.25, -0.2) is 13.9 Å². The normalized spacial score (nSPS) is 16.0. The van der Waals surface area contributed by atoms with Crippen molar-refractivity contribution in [3.05, 3.63) is 73.9 Å². The van der Waals surface area contributed by atoms with Gasteiger partial charge in [-0.3, -0.25) is 4.79 Å². The van der Waals surface area contributed by atoms with E-state index in [9.17, 15) is 9.18 Å². The molecule has 1 amide bonds. The van der Waals surface area contributed by atoms with Gasteiger partial charge in [0.1, 0.15) is 11.5 Å². The van der Waals surface area contributed by atoms with Crippen molar-refractivity contribution in [2.24, 2.45) is 0 Å². The van der Waals surface area contributed by atoms with E-state index in [2.05, 4.69) is 44.4 Å². The lowest BCUT2D eigenvalue weighted by molar-refractivity contribution is 0.0673. The maximum Gasteiger partial charge on any atom is 0.273 e. The lowest BCUT2D eigenvalue weighted by Gasteiger charge is -2.33. The van der Waals surface area contributed by atoms with Crippen LogP contribution >= 0.6 is 27.3 Å². The lowest BCUT2D eigenvalue weighted by atomic mass is 10.0. The summed E-state index contributed by atoms with van der Waals surface area (Å²) in [5.41, 5.74) is 3.92. The fourth-order valence-corrected chi connectivity index (χ4v) is 5.46. The van der Waals surface area contributed by atoms with Crippen molar-refractivity contribution in [2.75, 3.05) is 6.54 Å². The van der Waals surface area contributed by atoms with Crippen molar-refractivity contribution in [3.63, 3.8) is 0 Å². The smallest absolute Gasteiger partial charge is 0.273 e. The molecule has 158 valence electrons. The summed E-state index contributed by atoms with van der Waals surface area (Å²) in [7, 11) is 0. The predicted octanol–water partition coefficient (Wildman–Crippen LogP) is 5.68. The second kappa shape index (κ2) is 7.84. The average Bonchev–Trinajstić information content (AvgIpc) is 3.40. The Kier molecular flexibility index (Phi) is 5.14. The fraction of sp³-hybridized carbons (Fsp3) is 0.261. The average molecular weight is 499 g/mol. The van der Waals surface area contributed by atoms with Crippen molar-refractivity contribution in [2.45, 2.75) is 32.7 Å². The van der Waals surface area contributed by atoms with Crippen LogP contribution in [0.15, 0.2) is 46.3 Å². The summed E-state index contributed by atoms with van der Waals surface area (Å²) in [6, 6.07) is 10.5. The third kappa shape index (κ3) is 3.47. The summed E-state index contributed by atoms with van der Waals surface area (Å²) in [6.07, 6.45) is 1.54. The molecule has 1 aliphatic heterocycles. The Morgan fingerprint density at radius 2 is 2.13 bits per heavy atom. The highest BCUT2D eigenvalue weighted by atomic mass is 79.9. The number of benzene rings is 1. The molecule has 4 heterocycles. The number of fused-ring (bicyclic) bond motifs is 2. The number of aromatic nitrogens is 3. The first-order chi connectivity index (χ1) is 15.0. The zero-order valence-corrected chi connectivity index (χ0v) is 19.5. The maximum atomic E-state index is 14.5. The summed E-state index contributed by atoms with van der Waals surface area (Å²) in [6.45, 7) is 4.75. The lowest BCUT2D eigenvalue weighted by Crippen LogP contribution is -2.38. The van der Waals surface area contributed by atoms with Gasteiger partial charge in [0.15, 0.2) is 5.65 Å². The Hall–Kier alpha value is -2.58. The molecule has 0 fully saturated rings. The van der Waals surface area contributed by atoms with Crippen molar-refractivity contribution in [3.8, 4) is 11.3 Å². The van der Waals surface area contributed by atoms with Crippen LogP contribution in [-0.4, -0.2) is 31.9 Å². The minimum atomic E-state index is -0.360. The number of aryl methyl sites for hydroxylation is 1. The Morgan fingerprint density at radius 3 is 2.90 bits per heavy atom. The molecule has 1 aromatic carbocycles. The molecule has 1 aliphatic rings. The number of hydrogen-bond donors (Lipinski definition) is 0. The zero-order valence-electron chi connectivity index (χ0n) is 17.1. The number of amides is 1. The van der Waals surface area contributed by atoms with Crippen LogP contribution in [0.3, 0.4) is 0 Å². The molecule has 5 nitrogen and oxygen atoms in total. The molecule has 0 bridgehead atoms. The number of halogens is 2. The van der Waals surface area contributed by atoms with Gasteiger partial charge >= 0.3 is 0 Å². The molecule has 0 spiro atoms. The number of thiophene rings is 1. The summed E-state index contributed by atoms with van der Waals surface area (Å²) < 4.78 is 16.8. The SMILES string of the molecule is CCc1cc(C(=O)N2CCc3sccc3[C@H]2C)nc2cc(-c3ccc(Br)cc3F)nn12. The van der Waals surface area contributed by atoms with Crippen molar-refractivity contribution >= 4 is 38.8 Å². The van der Waals surface area contributed by atoms with E-state index >= 15 is 0 Å². The van der Waals surface area contributed by atoms with E-state index in [1.165, 1.54) is 16.5 Å². The van der Waals surface area contributed by atoms with E-state index in [1.54, 1.807) is 40.1 Å². The van der Waals surface area contributed by atoms with Gasteiger partial charge in [-0.2, -0.15) is 5.10 Å². The topological polar surface area (TPSA) is 50.5 Å². The molecule has 0 N–H and O–H groups in total. The highest BCUT2D eigenvalue weighted by molar-refractivity contribution is 9.10. The summed E-state index contributed by atoms with van der Waals surface area (Å²) >= 11 is 5.03. The predicted molar refractivity (Wildman–Crippen MR) is 123 cm³/mol. The van der Waals surface area contributed by atoms with Gasteiger partial charge in [-0.1, -0.05) is 22.9 Å². The van der Waals surface area contributed by atoms with Gasteiger partial charge < -0.3 is 4.90 Å². The van der Waals surface area contributed by atoms with E-state index in [0.29, 0.717) is 40.0 Å². The summed E-state index contributed by atoms with van der Waals surface area (Å²) in [4.78, 5) is 21.2. The molecule has 31 heavy (non-hydrogen) atoms. The largest absolute Gasteiger partial charge is 0.330 e. The van der Waals surface area contributed by atoms with Crippen LogP contribution in [-0.2, 0) is 12.8 Å². The number of rotatable bonds is 3. The number of nitrogens with zero attached hydrogens (tertiary/aromatic N) is 4.